The van der Waals surface area contributed by atoms with E-state index < -0.39 is 11.7 Å². The Bertz CT molecular complexity index is 231. The lowest BCUT2D eigenvalue weighted by Crippen LogP contribution is -2.31. The van der Waals surface area contributed by atoms with Crippen molar-refractivity contribution in [3.63, 3.8) is 0 Å². The second-order valence-corrected chi connectivity index (χ2v) is 5.21. The minimum atomic E-state index is -0.509. The highest BCUT2D eigenvalue weighted by Gasteiger charge is 2.39. The molecule has 1 aliphatic rings. The van der Waals surface area contributed by atoms with E-state index in [1.807, 2.05) is 20.8 Å². The largest absolute Gasteiger partial charge is 0.460 e. The van der Waals surface area contributed by atoms with Gasteiger partial charge in [0, 0.05) is 6.61 Å². The number of esters is 1. The Morgan fingerprint density at radius 2 is 2.00 bits per heavy atom. The van der Waals surface area contributed by atoms with Crippen molar-refractivity contribution >= 4 is 5.97 Å². The molecule has 88 valence electrons. The average Bonchev–Trinajstić information content (AvgIpc) is 2.43. The van der Waals surface area contributed by atoms with Crippen molar-refractivity contribution in [3.05, 3.63) is 0 Å². The van der Waals surface area contributed by atoms with Crippen LogP contribution in [-0.2, 0) is 9.53 Å². The second-order valence-electron chi connectivity index (χ2n) is 5.21. The number of aliphatic hydroxyl groups is 2. The Kier molecular flexibility index (Phi) is 3.73. The Morgan fingerprint density at radius 3 is 2.47 bits per heavy atom. The Morgan fingerprint density at radius 1 is 1.40 bits per heavy atom. The summed E-state index contributed by atoms with van der Waals surface area (Å²) in [5, 5.41) is 18.5. The molecule has 0 aromatic carbocycles. The van der Waals surface area contributed by atoms with Crippen LogP contribution in [0.3, 0.4) is 0 Å². The van der Waals surface area contributed by atoms with E-state index in [2.05, 4.69) is 0 Å². The molecule has 3 atom stereocenters. The molecule has 1 rings (SSSR count). The lowest BCUT2D eigenvalue weighted by molar-refractivity contribution is -0.162. The molecule has 0 heterocycles. The number of hydrogen-bond donors (Lipinski definition) is 2. The van der Waals surface area contributed by atoms with E-state index in [4.69, 9.17) is 9.84 Å². The molecule has 0 spiro atoms. The first-order valence-corrected chi connectivity index (χ1v) is 5.35. The van der Waals surface area contributed by atoms with Crippen molar-refractivity contribution < 1.29 is 19.7 Å². The number of hydrogen-bond acceptors (Lipinski definition) is 4. The molecule has 1 aliphatic carbocycles. The van der Waals surface area contributed by atoms with Gasteiger partial charge in [-0.3, -0.25) is 4.79 Å². The Balaban J connectivity index is 2.59. The van der Waals surface area contributed by atoms with Crippen LogP contribution < -0.4 is 0 Å². The molecule has 0 amide bonds. The minimum Gasteiger partial charge on any atom is -0.460 e. The van der Waals surface area contributed by atoms with Crippen molar-refractivity contribution in [1.29, 1.82) is 0 Å². The molecular formula is C11H20O4. The standard InChI is InChI=1S/C11H20O4/c1-11(2,3)15-10(14)9-5-8(13)4-7(9)6-12/h7-9,12-13H,4-6H2,1-3H3/t7-,8+,9?/m0/s1. The topological polar surface area (TPSA) is 66.8 Å². The molecule has 15 heavy (non-hydrogen) atoms. The number of rotatable bonds is 2. The summed E-state index contributed by atoms with van der Waals surface area (Å²) in [7, 11) is 0. The molecule has 4 heteroatoms. The quantitative estimate of drug-likeness (QED) is 0.667. The predicted molar refractivity (Wildman–Crippen MR) is 55.2 cm³/mol. The second kappa shape index (κ2) is 4.49. The summed E-state index contributed by atoms with van der Waals surface area (Å²) in [6.07, 6.45) is 0.403. The van der Waals surface area contributed by atoms with Gasteiger partial charge in [0.2, 0.25) is 0 Å². The number of carbonyl (C=O) groups is 1. The van der Waals surface area contributed by atoms with Crippen LogP contribution in [0.5, 0.6) is 0 Å². The highest BCUT2D eigenvalue weighted by atomic mass is 16.6. The maximum Gasteiger partial charge on any atom is 0.309 e. The average molecular weight is 216 g/mol. The lowest BCUT2D eigenvalue weighted by Gasteiger charge is -2.24. The molecule has 1 unspecified atom stereocenters. The van der Waals surface area contributed by atoms with Gasteiger partial charge in [0.15, 0.2) is 0 Å². The van der Waals surface area contributed by atoms with Crippen molar-refractivity contribution in [3.8, 4) is 0 Å². The maximum absolute atomic E-state index is 11.7. The van der Waals surface area contributed by atoms with E-state index in [-0.39, 0.29) is 24.4 Å². The molecule has 2 N–H and O–H groups in total. The summed E-state index contributed by atoms with van der Waals surface area (Å²) in [6.45, 7) is 5.36. The lowest BCUT2D eigenvalue weighted by atomic mass is 9.97. The molecule has 4 nitrogen and oxygen atoms in total. The fraction of sp³-hybridized carbons (Fsp3) is 0.909. The van der Waals surface area contributed by atoms with Gasteiger partial charge in [0.1, 0.15) is 5.60 Å². The third-order valence-electron chi connectivity index (χ3n) is 2.61. The van der Waals surface area contributed by atoms with E-state index in [9.17, 15) is 9.90 Å². The molecule has 0 aromatic heterocycles. The van der Waals surface area contributed by atoms with Crippen molar-refractivity contribution in [2.24, 2.45) is 11.8 Å². The van der Waals surface area contributed by atoms with E-state index in [1.54, 1.807) is 0 Å². The summed E-state index contributed by atoms with van der Waals surface area (Å²) >= 11 is 0. The van der Waals surface area contributed by atoms with Gasteiger partial charge in [-0.05, 0) is 39.5 Å². The van der Waals surface area contributed by atoms with Gasteiger partial charge in [-0.2, -0.15) is 0 Å². The smallest absolute Gasteiger partial charge is 0.309 e. The molecule has 1 fully saturated rings. The van der Waals surface area contributed by atoms with Gasteiger partial charge in [-0.15, -0.1) is 0 Å². The van der Waals surface area contributed by atoms with Crippen LogP contribution in [0.25, 0.3) is 0 Å². The highest BCUT2D eigenvalue weighted by Crippen LogP contribution is 2.33. The van der Waals surface area contributed by atoms with E-state index in [0.717, 1.165) is 0 Å². The Labute approximate surface area is 90.2 Å². The summed E-state index contributed by atoms with van der Waals surface area (Å²) in [5.41, 5.74) is -0.509. The highest BCUT2D eigenvalue weighted by molar-refractivity contribution is 5.73. The first kappa shape index (κ1) is 12.5. The van der Waals surface area contributed by atoms with E-state index >= 15 is 0 Å². The van der Waals surface area contributed by atoms with Gasteiger partial charge in [-0.1, -0.05) is 0 Å². The van der Waals surface area contributed by atoms with Crippen LogP contribution in [0, 0.1) is 11.8 Å². The molecule has 1 saturated carbocycles. The molecule has 0 radical (unpaired) electrons. The maximum atomic E-state index is 11.7. The van der Waals surface area contributed by atoms with Crippen molar-refractivity contribution in [2.45, 2.75) is 45.3 Å². The van der Waals surface area contributed by atoms with Crippen molar-refractivity contribution in [1.82, 2.24) is 0 Å². The fourth-order valence-electron chi connectivity index (χ4n) is 1.96. The Hall–Kier alpha value is -0.610. The zero-order valence-electron chi connectivity index (χ0n) is 9.56. The minimum absolute atomic E-state index is 0.0685. The summed E-state index contributed by atoms with van der Waals surface area (Å²) in [5.74, 6) is -0.822. The van der Waals surface area contributed by atoms with Crippen molar-refractivity contribution in [2.75, 3.05) is 6.61 Å². The van der Waals surface area contributed by atoms with Crippen LogP contribution in [0.15, 0.2) is 0 Å². The third-order valence-corrected chi connectivity index (χ3v) is 2.61. The molecule has 0 aromatic rings. The van der Waals surface area contributed by atoms with Gasteiger partial charge >= 0.3 is 5.97 Å². The normalized spacial score (nSPS) is 31.7. The van der Waals surface area contributed by atoms with Gasteiger partial charge in [0.05, 0.1) is 12.0 Å². The van der Waals surface area contributed by atoms with Crippen LogP contribution in [0.4, 0.5) is 0 Å². The number of ether oxygens (including phenoxy) is 1. The molecule has 0 aliphatic heterocycles. The number of carbonyl (C=O) groups excluding carboxylic acids is 1. The molecule has 0 bridgehead atoms. The van der Waals surface area contributed by atoms with Crippen LogP contribution >= 0.6 is 0 Å². The van der Waals surface area contributed by atoms with E-state index in [0.29, 0.717) is 12.8 Å². The van der Waals surface area contributed by atoms with Gasteiger partial charge in [-0.25, -0.2) is 0 Å². The first-order chi connectivity index (χ1) is 6.83. The zero-order chi connectivity index (χ0) is 11.6. The van der Waals surface area contributed by atoms with Crippen LogP contribution in [0.2, 0.25) is 0 Å². The number of aliphatic hydroxyl groups excluding tert-OH is 2. The van der Waals surface area contributed by atoms with Crippen LogP contribution in [0.1, 0.15) is 33.6 Å². The summed E-state index contributed by atoms with van der Waals surface area (Å²) in [4.78, 5) is 11.7. The zero-order valence-corrected chi connectivity index (χ0v) is 9.56. The monoisotopic (exact) mass is 216 g/mol. The fourth-order valence-corrected chi connectivity index (χ4v) is 1.96. The molecular weight excluding hydrogens is 196 g/mol. The summed E-state index contributed by atoms with van der Waals surface area (Å²) in [6, 6.07) is 0. The SMILES string of the molecule is CC(C)(C)OC(=O)C1C[C@H](O)C[C@H]1CO. The van der Waals surface area contributed by atoms with Crippen LogP contribution in [-0.4, -0.2) is 34.5 Å². The third kappa shape index (κ3) is 3.47. The van der Waals surface area contributed by atoms with Gasteiger partial charge in [0.25, 0.3) is 0 Å². The molecule has 0 saturated heterocycles. The summed E-state index contributed by atoms with van der Waals surface area (Å²) < 4.78 is 5.24. The first-order valence-electron chi connectivity index (χ1n) is 5.35. The predicted octanol–water partition coefficient (Wildman–Crippen LogP) is 0.707. The van der Waals surface area contributed by atoms with Gasteiger partial charge < -0.3 is 14.9 Å². The van der Waals surface area contributed by atoms with E-state index in [1.165, 1.54) is 0 Å².